The number of rotatable bonds is 3. The second kappa shape index (κ2) is 5.54. The average molecular weight is 290 g/mol. The van der Waals surface area contributed by atoms with Gasteiger partial charge in [0.1, 0.15) is 11.3 Å². The van der Waals surface area contributed by atoms with E-state index in [-0.39, 0.29) is 0 Å². The highest BCUT2D eigenvalue weighted by Crippen LogP contribution is 2.30. The van der Waals surface area contributed by atoms with Gasteiger partial charge in [0.05, 0.1) is 11.6 Å². The topological polar surface area (TPSA) is 87.1 Å². The number of nitrogens with zero attached hydrogens (tertiary/aromatic N) is 2. The fourth-order valence-corrected chi connectivity index (χ4v) is 2.18. The van der Waals surface area contributed by atoms with E-state index < -0.39 is 5.97 Å². The Morgan fingerprint density at radius 3 is 2.95 bits per heavy atom. The summed E-state index contributed by atoms with van der Waals surface area (Å²) < 4.78 is 5.70. The fraction of sp³-hybridized carbons (Fsp3) is 0. The largest absolute Gasteiger partial charge is 0.478 e. The van der Waals surface area contributed by atoms with Gasteiger partial charge < -0.3 is 9.52 Å². The van der Waals surface area contributed by atoms with Gasteiger partial charge in [0.2, 0.25) is 0 Å². The summed E-state index contributed by atoms with van der Waals surface area (Å²) in [4.78, 5) is 14.7. The van der Waals surface area contributed by atoms with Gasteiger partial charge in [-0.05, 0) is 29.8 Å². The molecule has 1 N–H and O–H groups in total. The van der Waals surface area contributed by atoms with Gasteiger partial charge in [-0.25, -0.2) is 4.79 Å². The molecule has 1 aromatic carbocycles. The molecule has 0 saturated carbocycles. The van der Waals surface area contributed by atoms with Crippen LogP contribution >= 0.6 is 0 Å². The monoisotopic (exact) mass is 290 g/mol. The van der Waals surface area contributed by atoms with Crippen molar-refractivity contribution in [2.24, 2.45) is 0 Å². The van der Waals surface area contributed by atoms with Crippen molar-refractivity contribution < 1.29 is 14.3 Å². The lowest BCUT2D eigenvalue weighted by Crippen LogP contribution is -1.84. The molecule has 0 radical (unpaired) electrons. The summed E-state index contributed by atoms with van der Waals surface area (Å²) >= 11 is 0. The Kier molecular flexibility index (Phi) is 3.42. The zero-order valence-corrected chi connectivity index (χ0v) is 11.4. The summed E-state index contributed by atoms with van der Waals surface area (Å²) in [6.45, 7) is 0. The van der Waals surface area contributed by atoms with Gasteiger partial charge in [0.25, 0.3) is 0 Å². The Bertz CT molecular complexity index is 932. The van der Waals surface area contributed by atoms with E-state index in [0.717, 1.165) is 22.6 Å². The number of hydrogen-bond donors (Lipinski definition) is 1. The Labute approximate surface area is 125 Å². The number of carbonyl (C=O) groups is 1. The van der Waals surface area contributed by atoms with Crippen LogP contribution in [0.5, 0.6) is 0 Å². The van der Waals surface area contributed by atoms with E-state index >= 15 is 0 Å². The molecule has 5 heteroatoms. The van der Waals surface area contributed by atoms with Gasteiger partial charge in [0.15, 0.2) is 0 Å². The van der Waals surface area contributed by atoms with E-state index in [1.807, 2.05) is 6.07 Å². The molecule has 0 atom stereocenters. The molecule has 0 aliphatic heterocycles. The fourth-order valence-electron chi connectivity index (χ4n) is 2.18. The van der Waals surface area contributed by atoms with Gasteiger partial charge >= 0.3 is 5.97 Å². The van der Waals surface area contributed by atoms with Crippen LogP contribution in [0.1, 0.15) is 11.3 Å². The highest BCUT2D eigenvalue weighted by molar-refractivity contribution is 5.93. The molecule has 0 aliphatic carbocycles. The molecule has 0 bridgehead atoms. The van der Waals surface area contributed by atoms with E-state index in [0.29, 0.717) is 16.9 Å². The Hall–Kier alpha value is -3.39. The molecule has 0 aliphatic rings. The van der Waals surface area contributed by atoms with Crippen LogP contribution in [-0.2, 0) is 4.79 Å². The minimum Gasteiger partial charge on any atom is -0.478 e. The molecule has 2 heterocycles. The van der Waals surface area contributed by atoms with Gasteiger partial charge in [-0.3, -0.25) is 4.98 Å². The van der Waals surface area contributed by atoms with Crippen molar-refractivity contribution in [3.05, 3.63) is 60.1 Å². The maximum atomic E-state index is 10.6. The highest BCUT2D eigenvalue weighted by Gasteiger charge is 2.10. The average Bonchev–Trinajstić information content (AvgIpc) is 2.96. The number of hydrogen-bond acceptors (Lipinski definition) is 4. The van der Waals surface area contributed by atoms with Gasteiger partial charge in [-0.1, -0.05) is 12.1 Å². The molecular weight excluding hydrogens is 280 g/mol. The quantitative estimate of drug-likeness (QED) is 0.746. The maximum Gasteiger partial charge on any atom is 0.328 e. The van der Waals surface area contributed by atoms with Crippen molar-refractivity contribution in [3.63, 3.8) is 0 Å². The summed E-state index contributed by atoms with van der Waals surface area (Å²) in [6.07, 6.45) is 5.71. The van der Waals surface area contributed by atoms with Crippen molar-refractivity contribution in [2.45, 2.75) is 0 Å². The molecule has 3 aromatic rings. The molecule has 0 spiro atoms. The summed E-state index contributed by atoms with van der Waals surface area (Å²) in [7, 11) is 0. The standard InChI is InChI=1S/C17H10N2O3/c18-8-11-2-1-3-12(6-11)15-10-19-9-13-7-14(22-17(13)15)4-5-16(20)21/h1-7,9-10H,(H,20,21)/b5-4+. The number of pyridine rings is 1. The van der Waals surface area contributed by atoms with Crippen LogP contribution in [0, 0.1) is 11.3 Å². The molecule has 0 fully saturated rings. The smallest absolute Gasteiger partial charge is 0.328 e. The third-order valence-corrected chi connectivity index (χ3v) is 3.13. The van der Waals surface area contributed by atoms with Crippen molar-refractivity contribution in [1.29, 1.82) is 5.26 Å². The lowest BCUT2D eigenvalue weighted by molar-refractivity contribution is -0.131. The number of aliphatic carboxylic acids is 1. The molecule has 5 nitrogen and oxygen atoms in total. The predicted molar refractivity (Wildman–Crippen MR) is 80.8 cm³/mol. The van der Waals surface area contributed by atoms with Crippen LogP contribution in [0.4, 0.5) is 0 Å². The number of carboxylic acid groups (broad SMARTS) is 1. The molecule has 2 aromatic heterocycles. The predicted octanol–water partition coefficient (Wildman–Crippen LogP) is 3.46. The molecule has 0 saturated heterocycles. The third-order valence-electron chi connectivity index (χ3n) is 3.13. The maximum absolute atomic E-state index is 10.6. The molecule has 0 unspecified atom stereocenters. The number of fused-ring (bicyclic) bond motifs is 1. The van der Waals surface area contributed by atoms with Crippen LogP contribution in [0.3, 0.4) is 0 Å². The number of carboxylic acids is 1. The summed E-state index contributed by atoms with van der Waals surface area (Å²) in [5.41, 5.74) is 2.73. The van der Waals surface area contributed by atoms with E-state index in [1.165, 1.54) is 6.08 Å². The SMILES string of the molecule is N#Cc1cccc(-c2cncc3cc(/C=C/C(=O)O)oc23)c1. The minimum atomic E-state index is -1.04. The van der Waals surface area contributed by atoms with E-state index in [2.05, 4.69) is 11.1 Å². The minimum absolute atomic E-state index is 0.433. The van der Waals surface area contributed by atoms with Crippen LogP contribution in [0.2, 0.25) is 0 Å². The Morgan fingerprint density at radius 2 is 2.18 bits per heavy atom. The number of aromatic nitrogens is 1. The van der Waals surface area contributed by atoms with Crippen LogP contribution < -0.4 is 0 Å². The summed E-state index contributed by atoms with van der Waals surface area (Å²) in [6, 6.07) is 11.0. The van der Waals surface area contributed by atoms with Crippen LogP contribution in [0.25, 0.3) is 28.2 Å². The summed E-state index contributed by atoms with van der Waals surface area (Å²) in [5, 5.41) is 18.4. The first-order valence-electron chi connectivity index (χ1n) is 6.46. The lowest BCUT2D eigenvalue weighted by Gasteiger charge is -2.02. The van der Waals surface area contributed by atoms with Crippen molar-refractivity contribution in [1.82, 2.24) is 4.98 Å². The zero-order chi connectivity index (χ0) is 15.5. The first-order chi connectivity index (χ1) is 10.7. The van der Waals surface area contributed by atoms with Gasteiger partial charge in [-0.15, -0.1) is 0 Å². The number of nitriles is 1. The molecule has 3 rings (SSSR count). The van der Waals surface area contributed by atoms with Crippen molar-refractivity contribution in [3.8, 4) is 17.2 Å². The summed E-state index contributed by atoms with van der Waals surface area (Å²) in [5.74, 6) is -0.608. The molecule has 0 amide bonds. The Balaban J connectivity index is 2.14. The Morgan fingerprint density at radius 1 is 1.32 bits per heavy atom. The van der Waals surface area contributed by atoms with Crippen LogP contribution in [0.15, 0.2) is 53.2 Å². The first-order valence-corrected chi connectivity index (χ1v) is 6.46. The van der Waals surface area contributed by atoms with Crippen molar-refractivity contribution in [2.75, 3.05) is 0 Å². The number of benzene rings is 1. The lowest BCUT2D eigenvalue weighted by atomic mass is 10.0. The normalized spacial score (nSPS) is 10.9. The molecule has 22 heavy (non-hydrogen) atoms. The molecule has 106 valence electrons. The van der Waals surface area contributed by atoms with Crippen LogP contribution in [-0.4, -0.2) is 16.1 Å². The second-order valence-electron chi connectivity index (χ2n) is 4.62. The van der Waals surface area contributed by atoms with E-state index in [9.17, 15) is 4.79 Å². The van der Waals surface area contributed by atoms with Crippen molar-refractivity contribution >= 4 is 23.0 Å². The van der Waals surface area contributed by atoms with Gasteiger partial charge in [-0.2, -0.15) is 5.26 Å². The number of furan rings is 1. The van der Waals surface area contributed by atoms with Gasteiger partial charge in [0, 0.05) is 29.4 Å². The zero-order valence-electron chi connectivity index (χ0n) is 11.4. The molecular formula is C17H10N2O3. The van der Waals surface area contributed by atoms with E-state index in [1.54, 1.807) is 36.7 Å². The second-order valence-corrected chi connectivity index (χ2v) is 4.62. The first kappa shape index (κ1) is 13.6. The van der Waals surface area contributed by atoms with E-state index in [4.69, 9.17) is 14.8 Å². The third kappa shape index (κ3) is 2.58. The highest BCUT2D eigenvalue weighted by atomic mass is 16.4.